The van der Waals surface area contributed by atoms with Crippen LogP contribution in [-0.2, 0) is 4.79 Å². The van der Waals surface area contributed by atoms with Crippen LogP contribution in [0.1, 0.15) is 65.2 Å². The fourth-order valence-corrected chi connectivity index (χ4v) is 7.31. The zero-order chi connectivity index (χ0) is 16.9. The summed E-state index contributed by atoms with van der Waals surface area (Å²) in [5.41, 5.74) is 0.756. The Hall–Kier alpha value is -1.05. The minimum absolute atomic E-state index is 0.356. The van der Waals surface area contributed by atoms with Crippen LogP contribution >= 0.6 is 0 Å². The standard InChI is InChI=1S/C22H32O2/c1-21-13-4-3-5-15(21)6-9-17-18-10-7-16(8-11-20(23)24)22(18,2)14-12-19(17)21/h3-5,13,15-19H,6-12,14H2,1-2H3,(H,23,24)/t15?,16-,17+,18+,19+,21+,22-/m1/s1. The molecule has 0 heterocycles. The highest BCUT2D eigenvalue weighted by molar-refractivity contribution is 5.66. The Morgan fingerprint density at radius 3 is 2.71 bits per heavy atom. The van der Waals surface area contributed by atoms with Crippen molar-refractivity contribution in [2.45, 2.75) is 65.2 Å². The van der Waals surface area contributed by atoms with E-state index in [0.29, 0.717) is 23.2 Å². The first kappa shape index (κ1) is 16.4. The van der Waals surface area contributed by atoms with Gasteiger partial charge in [-0.15, -0.1) is 0 Å². The molecule has 1 N–H and O–H groups in total. The molecule has 7 atom stereocenters. The third-order valence-corrected chi connectivity index (χ3v) is 8.66. The number of aliphatic carboxylic acids is 1. The van der Waals surface area contributed by atoms with Gasteiger partial charge < -0.3 is 5.11 Å². The van der Waals surface area contributed by atoms with E-state index in [9.17, 15) is 4.79 Å². The second-order valence-corrected chi connectivity index (χ2v) is 9.42. The maximum absolute atomic E-state index is 11.0. The first-order valence-corrected chi connectivity index (χ1v) is 10.0. The lowest BCUT2D eigenvalue weighted by Crippen LogP contribution is -2.51. The number of hydrogen-bond acceptors (Lipinski definition) is 1. The highest BCUT2D eigenvalue weighted by Gasteiger charge is 2.58. The molecule has 0 aromatic rings. The summed E-state index contributed by atoms with van der Waals surface area (Å²) in [6.07, 6.45) is 18.7. The van der Waals surface area contributed by atoms with Crippen LogP contribution in [0.3, 0.4) is 0 Å². The molecule has 4 aliphatic carbocycles. The van der Waals surface area contributed by atoms with Gasteiger partial charge in [0.05, 0.1) is 0 Å². The maximum atomic E-state index is 11.0. The first-order valence-electron chi connectivity index (χ1n) is 10.0. The van der Waals surface area contributed by atoms with Crippen LogP contribution in [0.15, 0.2) is 24.3 Å². The van der Waals surface area contributed by atoms with Gasteiger partial charge in [-0.05, 0) is 85.4 Å². The van der Waals surface area contributed by atoms with E-state index < -0.39 is 5.97 Å². The van der Waals surface area contributed by atoms with Gasteiger partial charge in [0.2, 0.25) is 0 Å². The lowest BCUT2D eigenvalue weighted by molar-refractivity contribution is -0.137. The van der Waals surface area contributed by atoms with Crippen molar-refractivity contribution in [3.63, 3.8) is 0 Å². The largest absolute Gasteiger partial charge is 0.481 e. The second-order valence-electron chi connectivity index (χ2n) is 9.42. The van der Waals surface area contributed by atoms with Crippen LogP contribution < -0.4 is 0 Å². The molecule has 4 aliphatic rings. The smallest absolute Gasteiger partial charge is 0.303 e. The summed E-state index contributed by atoms with van der Waals surface area (Å²) in [6.45, 7) is 5.01. The molecular weight excluding hydrogens is 296 g/mol. The second kappa shape index (κ2) is 5.75. The number of allylic oxidation sites excluding steroid dienone is 4. The van der Waals surface area contributed by atoms with Gasteiger partial charge in [-0.25, -0.2) is 0 Å². The predicted octanol–water partition coefficient (Wildman–Crippen LogP) is 5.45. The van der Waals surface area contributed by atoms with Crippen LogP contribution in [-0.4, -0.2) is 11.1 Å². The summed E-state index contributed by atoms with van der Waals surface area (Å²) >= 11 is 0. The minimum atomic E-state index is -0.622. The van der Waals surface area contributed by atoms with Crippen molar-refractivity contribution in [1.29, 1.82) is 0 Å². The van der Waals surface area contributed by atoms with E-state index >= 15 is 0 Å². The molecular formula is C22H32O2. The van der Waals surface area contributed by atoms with Crippen LogP contribution in [0.4, 0.5) is 0 Å². The van der Waals surface area contributed by atoms with Crippen molar-refractivity contribution >= 4 is 5.97 Å². The average molecular weight is 328 g/mol. The minimum Gasteiger partial charge on any atom is -0.481 e. The quantitative estimate of drug-likeness (QED) is 0.747. The Balaban J connectivity index is 1.56. The van der Waals surface area contributed by atoms with Crippen molar-refractivity contribution < 1.29 is 9.90 Å². The molecule has 0 aliphatic heterocycles. The Bertz CT molecular complexity index is 577. The molecule has 3 fully saturated rings. The number of fused-ring (bicyclic) bond motifs is 5. The lowest BCUT2D eigenvalue weighted by Gasteiger charge is -2.58. The SMILES string of the molecule is C[C@]12CC[C@H]3[C@@H](CCC4C=CC=C[C@@]43C)[C@@H]1CC[C@@H]2CCC(=O)O. The molecule has 24 heavy (non-hydrogen) atoms. The Morgan fingerprint density at radius 2 is 1.92 bits per heavy atom. The molecule has 0 spiro atoms. The number of carboxylic acids is 1. The zero-order valence-electron chi connectivity index (χ0n) is 15.2. The lowest BCUT2D eigenvalue weighted by atomic mass is 9.46. The molecule has 0 amide bonds. The van der Waals surface area contributed by atoms with E-state index in [0.717, 1.165) is 30.1 Å². The molecule has 0 bridgehead atoms. The molecule has 132 valence electrons. The number of rotatable bonds is 3. The van der Waals surface area contributed by atoms with Gasteiger partial charge in [-0.1, -0.05) is 38.2 Å². The maximum Gasteiger partial charge on any atom is 0.303 e. The fraction of sp³-hybridized carbons (Fsp3) is 0.773. The topological polar surface area (TPSA) is 37.3 Å². The Labute approximate surface area is 146 Å². The summed E-state index contributed by atoms with van der Waals surface area (Å²) in [5.74, 6) is 3.25. The molecule has 4 rings (SSSR count). The fourth-order valence-electron chi connectivity index (χ4n) is 7.31. The van der Waals surface area contributed by atoms with Crippen LogP contribution in [0.2, 0.25) is 0 Å². The van der Waals surface area contributed by atoms with E-state index in [1.807, 2.05) is 0 Å². The Kier molecular flexibility index (Phi) is 3.93. The number of carboxylic acid groups (broad SMARTS) is 1. The van der Waals surface area contributed by atoms with Gasteiger partial charge in [0.25, 0.3) is 0 Å². The van der Waals surface area contributed by atoms with Gasteiger partial charge in [-0.2, -0.15) is 0 Å². The van der Waals surface area contributed by atoms with Crippen LogP contribution in [0.25, 0.3) is 0 Å². The summed E-state index contributed by atoms with van der Waals surface area (Å²) in [6, 6.07) is 0. The highest BCUT2D eigenvalue weighted by atomic mass is 16.4. The first-order chi connectivity index (χ1) is 11.4. The molecule has 0 saturated heterocycles. The van der Waals surface area contributed by atoms with Crippen molar-refractivity contribution in [3.8, 4) is 0 Å². The van der Waals surface area contributed by atoms with E-state index in [-0.39, 0.29) is 0 Å². The molecule has 2 heteroatoms. The van der Waals surface area contributed by atoms with Gasteiger partial charge >= 0.3 is 5.97 Å². The normalized spacial score (nSPS) is 49.3. The monoisotopic (exact) mass is 328 g/mol. The summed E-state index contributed by atoms with van der Waals surface area (Å²) < 4.78 is 0. The zero-order valence-corrected chi connectivity index (χ0v) is 15.2. The summed E-state index contributed by atoms with van der Waals surface area (Å²) in [4.78, 5) is 11.0. The van der Waals surface area contributed by atoms with Crippen molar-refractivity contribution in [2.24, 2.45) is 40.4 Å². The molecule has 3 saturated carbocycles. The molecule has 0 aromatic carbocycles. The van der Waals surface area contributed by atoms with Crippen LogP contribution in [0, 0.1) is 40.4 Å². The summed E-state index contributed by atoms with van der Waals surface area (Å²) in [5, 5.41) is 9.09. The van der Waals surface area contributed by atoms with Gasteiger partial charge in [0, 0.05) is 6.42 Å². The van der Waals surface area contributed by atoms with Gasteiger partial charge in [-0.3, -0.25) is 4.79 Å². The van der Waals surface area contributed by atoms with E-state index in [4.69, 9.17) is 5.11 Å². The third kappa shape index (κ3) is 2.32. The number of hydrogen-bond donors (Lipinski definition) is 1. The van der Waals surface area contributed by atoms with E-state index in [2.05, 4.69) is 38.2 Å². The molecule has 1 unspecified atom stereocenters. The molecule has 0 aromatic heterocycles. The highest BCUT2D eigenvalue weighted by Crippen LogP contribution is 2.66. The third-order valence-electron chi connectivity index (χ3n) is 8.66. The number of carbonyl (C=O) groups is 1. The van der Waals surface area contributed by atoms with E-state index in [1.165, 1.54) is 38.5 Å². The van der Waals surface area contributed by atoms with E-state index in [1.54, 1.807) is 0 Å². The Morgan fingerprint density at radius 1 is 1.08 bits per heavy atom. The predicted molar refractivity (Wildman–Crippen MR) is 96.5 cm³/mol. The molecule has 0 radical (unpaired) electrons. The average Bonchev–Trinajstić information content (AvgIpc) is 2.89. The van der Waals surface area contributed by atoms with Crippen molar-refractivity contribution in [2.75, 3.05) is 0 Å². The van der Waals surface area contributed by atoms with Gasteiger partial charge in [0.15, 0.2) is 0 Å². The van der Waals surface area contributed by atoms with Crippen molar-refractivity contribution in [3.05, 3.63) is 24.3 Å². The molecule has 2 nitrogen and oxygen atoms in total. The van der Waals surface area contributed by atoms with Crippen molar-refractivity contribution in [1.82, 2.24) is 0 Å². The van der Waals surface area contributed by atoms with Crippen LogP contribution in [0.5, 0.6) is 0 Å². The summed E-state index contributed by atoms with van der Waals surface area (Å²) in [7, 11) is 0. The van der Waals surface area contributed by atoms with Gasteiger partial charge in [0.1, 0.15) is 0 Å².